The summed E-state index contributed by atoms with van der Waals surface area (Å²) in [4.78, 5) is 26.3. The van der Waals surface area contributed by atoms with Gasteiger partial charge in [0, 0.05) is 0 Å². The molecule has 0 saturated carbocycles. The molecule has 0 aromatic heterocycles. The topological polar surface area (TPSA) is 67.9 Å². The van der Waals surface area contributed by atoms with Crippen molar-refractivity contribution in [3.8, 4) is 11.5 Å². The van der Waals surface area contributed by atoms with E-state index in [1.807, 2.05) is 0 Å². The number of amides is 3. The van der Waals surface area contributed by atoms with Gasteiger partial charge in [-0.1, -0.05) is 12.1 Å². The molecule has 0 unspecified atom stereocenters. The summed E-state index contributed by atoms with van der Waals surface area (Å²) in [7, 11) is 0. The highest BCUT2D eigenvalue weighted by atomic mass is 19.2. The van der Waals surface area contributed by atoms with Gasteiger partial charge < -0.3 is 14.8 Å². The van der Waals surface area contributed by atoms with Gasteiger partial charge >= 0.3 is 6.03 Å². The first-order valence-electron chi connectivity index (χ1n) is 8.36. The maximum atomic E-state index is 13.4. The number of carbonyl (C=O) groups is 2. The van der Waals surface area contributed by atoms with Crippen molar-refractivity contribution in [2.75, 3.05) is 13.2 Å². The molecular formula is C19H16F2N2O4. The summed E-state index contributed by atoms with van der Waals surface area (Å²) < 4.78 is 37.5. The van der Waals surface area contributed by atoms with Crippen LogP contribution < -0.4 is 14.8 Å². The number of hydrogen-bond acceptors (Lipinski definition) is 4. The number of fused-ring (bicyclic) bond motifs is 1. The summed E-state index contributed by atoms with van der Waals surface area (Å²) in [5, 5.41) is 2.67. The highest BCUT2D eigenvalue weighted by Crippen LogP contribution is 2.37. The average Bonchev–Trinajstić information content (AvgIpc) is 2.88. The number of urea groups is 1. The Morgan fingerprint density at radius 3 is 2.52 bits per heavy atom. The summed E-state index contributed by atoms with van der Waals surface area (Å²) in [6, 6.07) is 7.69. The van der Waals surface area contributed by atoms with E-state index in [0.29, 0.717) is 35.8 Å². The van der Waals surface area contributed by atoms with E-state index in [0.717, 1.165) is 17.0 Å². The highest BCUT2D eigenvalue weighted by molar-refractivity contribution is 6.07. The Kier molecular flexibility index (Phi) is 3.98. The first kappa shape index (κ1) is 17.3. The van der Waals surface area contributed by atoms with Crippen LogP contribution in [0.2, 0.25) is 0 Å². The van der Waals surface area contributed by atoms with Crippen LogP contribution in [0.15, 0.2) is 36.4 Å². The third kappa shape index (κ3) is 2.87. The van der Waals surface area contributed by atoms with Gasteiger partial charge in [0.2, 0.25) is 0 Å². The van der Waals surface area contributed by atoms with Crippen LogP contribution in [0.1, 0.15) is 18.1 Å². The Morgan fingerprint density at radius 1 is 1.04 bits per heavy atom. The molecule has 1 fully saturated rings. The van der Waals surface area contributed by atoms with Crippen LogP contribution in [-0.4, -0.2) is 30.1 Å². The van der Waals surface area contributed by atoms with Crippen LogP contribution in [0.4, 0.5) is 13.6 Å². The molecule has 1 saturated heterocycles. The summed E-state index contributed by atoms with van der Waals surface area (Å²) in [5.41, 5.74) is -0.451. The molecular weight excluding hydrogens is 358 g/mol. The minimum absolute atomic E-state index is 0.165. The van der Waals surface area contributed by atoms with Crippen molar-refractivity contribution in [1.29, 1.82) is 0 Å². The Balaban J connectivity index is 1.62. The number of nitrogens with one attached hydrogen (secondary N) is 1. The third-order valence-corrected chi connectivity index (χ3v) is 4.72. The van der Waals surface area contributed by atoms with Crippen molar-refractivity contribution in [3.05, 3.63) is 59.2 Å². The Bertz CT molecular complexity index is 949. The predicted molar refractivity (Wildman–Crippen MR) is 90.2 cm³/mol. The number of imide groups is 1. The van der Waals surface area contributed by atoms with Crippen LogP contribution in [0.25, 0.3) is 0 Å². The number of benzene rings is 2. The second-order valence-corrected chi connectivity index (χ2v) is 6.55. The molecule has 8 heteroatoms. The molecule has 140 valence electrons. The van der Waals surface area contributed by atoms with E-state index in [-0.39, 0.29) is 6.54 Å². The summed E-state index contributed by atoms with van der Waals surface area (Å²) in [5.74, 6) is -1.44. The third-order valence-electron chi connectivity index (χ3n) is 4.72. The zero-order valence-corrected chi connectivity index (χ0v) is 14.4. The van der Waals surface area contributed by atoms with Gasteiger partial charge in [0.15, 0.2) is 23.1 Å². The molecule has 2 aromatic carbocycles. The fourth-order valence-corrected chi connectivity index (χ4v) is 3.21. The molecule has 3 amide bonds. The quantitative estimate of drug-likeness (QED) is 0.839. The van der Waals surface area contributed by atoms with Gasteiger partial charge in [-0.25, -0.2) is 13.6 Å². The van der Waals surface area contributed by atoms with Gasteiger partial charge in [0.25, 0.3) is 5.91 Å². The van der Waals surface area contributed by atoms with Gasteiger partial charge in [0.05, 0.1) is 6.54 Å². The smallest absolute Gasteiger partial charge is 0.325 e. The van der Waals surface area contributed by atoms with E-state index in [1.165, 1.54) is 6.07 Å². The first-order valence-corrected chi connectivity index (χ1v) is 8.36. The Hall–Kier alpha value is -3.16. The van der Waals surface area contributed by atoms with Crippen molar-refractivity contribution in [2.24, 2.45) is 0 Å². The van der Waals surface area contributed by atoms with Crippen LogP contribution in [-0.2, 0) is 16.9 Å². The lowest BCUT2D eigenvalue weighted by Gasteiger charge is -2.25. The van der Waals surface area contributed by atoms with Crippen LogP contribution in [0.3, 0.4) is 0 Å². The van der Waals surface area contributed by atoms with Crippen molar-refractivity contribution < 1.29 is 27.8 Å². The van der Waals surface area contributed by atoms with E-state index in [9.17, 15) is 18.4 Å². The predicted octanol–water partition coefficient (Wildman–Crippen LogP) is 2.70. The first-order chi connectivity index (χ1) is 12.9. The fraction of sp³-hybridized carbons (Fsp3) is 0.263. The van der Waals surface area contributed by atoms with Crippen LogP contribution in [0, 0.1) is 11.6 Å². The van der Waals surface area contributed by atoms with Crippen molar-refractivity contribution in [1.82, 2.24) is 10.2 Å². The normalized spacial score (nSPS) is 21.4. The molecule has 0 radical (unpaired) electrons. The number of ether oxygens (including phenoxy) is 2. The lowest BCUT2D eigenvalue weighted by Crippen LogP contribution is -2.41. The molecule has 4 rings (SSSR count). The van der Waals surface area contributed by atoms with Gasteiger partial charge in [-0.2, -0.15) is 0 Å². The number of rotatable bonds is 3. The molecule has 2 heterocycles. The van der Waals surface area contributed by atoms with Gasteiger partial charge in [-0.05, 0) is 42.3 Å². The maximum absolute atomic E-state index is 13.4. The molecule has 2 aromatic rings. The van der Waals surface area contributed by atoms with Gasteiger partial charge in [-0.3, -0.25) is 9.69 Å². The van der Waals surface area contributed by atoms with E-state index in [1.54, 1.807) is 25.1 Å². The van der Waals surface area contributed by atoms with Crippen LogP contribution >= 0.6 is 0 Å². The Labute approximate surface area is 153 Å². The largest absolute Gasteiger partial charge is 0.486 e. The van der Waals surface area contributed by atoms with E-state index >= 15 is 0 Å². The minimum atomic E-state index is -1.30. The molecule has 1 atom stereocenters. The number of nitrogens with zero attached hydrogens (tertiary/aromatic N) is 1. The van der Waals surface area contributed by atoms with E-state index in [2.05, 4.69) is 5.32 Å². The van der Waals surface area contributed by atoms with E-state index in [4.69, 9.17) is 9.47 Å². The second-order valence-electron chi connectivity index (χ2n) is 6.55. The molecule has 0 bridgehead atoms. The molecule has 2 aliphatic rings. The summed E-state index contributed by atoms with van der Waals surface area (Å²) >= 11 is 0. The summed E-state index contributed by atoms with van der Waals surface area (Å²) in [6.07, 6.45) is 0. The minimum Gasteiger partial charge on any atom is -0.486 e. The number of halogens is 2. The van der Waals surface area contributed by atoms with Crippen LogP contribution in [0.5, 0.6) is 11.5 Å². The Morgan fingerprint density at radius 2 is 1.78 bits per heavy atom. The zero-order valence-electron chi connectivity index (χ0n) is 14.4. The molecule has 6 nitrogen and oxygen atoms in total. The standard InChI is InChI=1S/C19H16F2N2O4/c1-19(12-3-5-15-16(9-12)27-7-6-26-15)17(24)23(18(25)22-19)10-11-2-4-13(20)14(21)8-11/h2-5,8-9H,6-7,10H2,1H3,(H,22,25)/t19-/m1/s1. The van der Waals surface area contributed by atoms with Crippen molar-refractivity contribution >= 4 is 11.9 Å². The monoisotopic (exact) mass is 374 g/mol. The zero-order chi connectivity index (χ0) is 19.2. The lowest BCUT2D eigenvalue weighted by atomic mass is 9.91. The number of carbonyl (C=O) groups excluding carboxylic acids is 2. The highest BCUT2D eigenvalue weighted by Gasteiger charge is 2.49. The molecule has 27 heavy (non-hydrogen) atoms. The van der Waals surface area contributed by atoms with E-state index < -0.39 is 29.1 Å². The lowest BCUT2D eigenvalue weighted by molar-refractivity contribution is -0.131. The molecule has 2 aliphatic heterocycles. The van der Waals surface area contributed by atoms with Crippen molar-refractivity contribution in [3.63, 3.8) is 0 Å². The SMILES string of the molecule is C[C@]1(c2ccc3c(c2)OCCO3)NC(=O)N(Cc2ccc(F)c(F)c2)C1=O. The average molecular weight is 374 g/mol. The van der Waals surface area contributed by atoms with Gasteiger partial charge in [0.1, 0.15) is 18.8 Å². The van der Waals surface area contributed by atoms with Crippen molar-refractivity contribution in [2.45, 2.75) is 19.0 Å². The molecule has 1 N–H and O–H groups in total. The molecule has 0 aliphatic carbocycles. The maximum Gasteiger partial charge on any atom is 0.325 e. The number of hydrogen-bond donors (Lipinski definition) is 1. The summed E-state index contributed by atoms with van der Waals surface area (Å²) in [6.45, 7) is 2.27. The van der Waals surface area contributed by atoms with Gasteiger partial charge in [-0.15, -0.1) is 0 Å². The fourth-order valence-electron chi connectivity index (χ4n) is 3.21. The second kappa shape index (κ2) is 6.22. The molecule has 0 spiro atoms.